The van der Waals surface area contributed by atoms with E-state index in [4.69, 9.17) is 4.74 Å². The van der Waals surface area contributed by atoms with E-state index in [2.05, 4.69) is 5.10 Å². The molecule has 1 aromatic rings. The molecule has 0 amide bonds. The molecule has 14 heavy (non-hydrogen) atoms. The van der Waals surface area contributed by atoms with Crippen LogP contribution in [0.15, 0.2) is 12.3 Å². The van der Waals surface area contributed by atoms with Crippen LogP contribution < -0.4 is 0 Å². The van der Waals surface area contributed by atoms with Crippen LogP contribution in [-0.4, -0.2) is 29.3 Å². The number of carbonyl (C=O) groups is 1. The third kappa shape index (κ3) is 2.42. The van der Waals surface area contributed by atoms with Gasteiger partial charge in [-0.15, -0.1) is 0 Å². The van der Waals surface area contributed by atoms with Gasteiger partial charge in [-0.1, -0.05) is 6.92 Å². The number of methoxy groups -OCH3 is 1. The molecule has 0 aliphatic carbocycles. The molecule has 0 bridgehead atoms. The number of ketones is 1. The average Bonchev–Trinajstić information content (AvgIpc) is 2.59. The minimum absolute atomic E-state index is 0.00894. The number of aryl methyl sites for hydroxylation is 1. The normalized spacial score (nSPS) is 12.8. The lowest BCUT2D eigenvalue weighted by atomic mass is 10.0. The predicted octanol–water partition coefficient (Wildman–Crippen LogP) is 1.28. The summed E-state index contributed by atoms with van der Waals surface area (Å²) >= 11 is 0. The Hall–Kier alpha value is -1.16. The van der Waals surface area contributed by atoms with Gasteiger partial charge in [0, 0.05) is 32.9 Å². The molecule has 0 fully saturated rings. The molecule has 1 aromatic heterocycles. The second kappa shape index (κ2) is 4.91. The first kappa shape index (κ1) is 10.9. The lowest BCUT2D eigenvalue weighted by molar-refractivity contribution is 0.0884. The highest BCUT2D eigenvalue weighted by Crippen LogP contribution is 2.10. The topological polar surface area (TPSA) is 44.1 Å². The van der Waals surface area contributed by atoms with Crippen LogP contribution in [0.5, 0.6) is 0 Å². The second-order valence-corrected chi connectivity index (χ2v) is 3.39. The zero-order valence-corrected chi connectivity index (χ0v) is 8.86. The third-order valence-electron chi connectivity index (χ3n) is 2.28. The molecule has 0 aliphatic heterocycles. The molecule has 1 atom stereocenters. The van der Waals surface area contributed by atoms with E-state index < -0.39 is 0 Å². The largest absolute Gasteiger partial charge is 0.385 e. The van der Waals surface area contributed by atoms with Crippen LogP contribution in [0.4, 0.5) is 0 Å². The van der Waals surface area contributed by atoms with Crippen molar-refractivity contribution in [3.63, 3.8) is 0 Å². The van der Waals surface area contributed by atoms with Crippen molar-refractivity contribution in [2.45, 2.75) is 13.3 Å². The smallest absolute Gasteiger partial charge is 0.183 e. The Morgan fingerprint density at radius 2 is 2.43 bits per heavy atom. The van der Waals surface area contributed by atoms with Crippen molar-refractivity contribution < 1.29 is 9.53 Å². The molecule has 0 saturated heterocycles. The van der Waals surface area contributed by atoms with E-state index in [-0.39, 0.29) is 11.7 Å². The summed E-state index contributed by atoms with van der Waals surface area (Å²) in [5.41, 5.74) is 0.661. The van der Waals surface area contributed by atoms with Crippen LogP contribution in [-0.2, 0) is 11.8 Å². The van der Waals surface area contributed by atoms with Gasteiger partial charge in [0.15, 0.2) is 5.78 Å². The standard InChI is InChI=1S/C10H16N2O2/c1-8(5-7-14-3)10(13)9-4-6-11-12(9)2/h4,6,8H,5,7H2,1-3H3. The minimum Gasteiger partial charge on any atom is -0.385 e. The number of nitrogens with zero attached hydrogens (tertiary/aromatic N) is 2. The summed E-state index contributed by atoms with van der Waals surface area (Å²) in [6.07, 6.45) is 2.39. The lowest BCUT2D eigenvalue weighted by Crippen LogP contribution is -2.16. The highest BCUT2D eigenvalue weighted by atomic mass is 16.5. The van der Waals surface area contributed by atoms with Crippen molar-refractivity contribution >= 4 is 5.78 Å². The first-order chi connectivity index (χ1) is 6.66. The second-order valence-electron chi connectivity index (χ2n) is 3.39. The number of aromatic nitrogens is 2. The number of carbonyl (C=O) groups excluding carboxylic acids is 1. The maximum Gasteiger partial charge on any atom is 0.183 e. The number of hydrogen-bond acceptors (Lipinski definition) is 3. The predicted molar refractivity (Wildman–Crippen MR) is 53.2 cm³/mol. The van der Waals surface area contributed by atoms with Crippen molar-refractivity contribution in [1.29, 1.82) is 0 Å². The van der Waals surface area contributed by atoms with Gasteiger partial charge in [0.2, 0.25) is 0 Å². The Morgan fingerprint density at radius 1 is 1.71 bits per heavy atom. The lowest BCUT2D eigenvalue weighted by Gasteiger charge is -2.09. The maximum atomic E-state index is 11.8. The van der Waals surface area contributed by atoms with Gasteiger partial charge in [0.1, 0.15) is 5.69 Å². The molecule has 0 aliphatic rings. The molecule has 0 radical (unpaired) electrons. The molecule has 0 saturated carbocycles. The van der Waals surface area contributed by atoms with E-state index in [1.54, 1.807) is 31.1 Å². The van der Waals surface area contributed by atoms with Gasteiger partial charge in [-0.3, -0.25) is 9.48 Å². The Bertz CT molecular complexity index is 307. The SMILES string of the molecule is COCCC(C)C(=O)c1ccnn1C. The Morgan fingerprint density at radius 3 is 2.93 bits per heavy atom. The van der Waals surface area contributed by atoms with Crippen LogP contribution >= 0.6 is 0 Å². The van der Waals surface area contributed by atoms with Crippen molar-refractivity contribution in [2.24, 2.45) is 13.0 Å². The Balaban J connectivity index is 2.61. The summed E-state index contributed by atoms with van der Waals surface area (Å²) in [7, 11) is 3.41. The molecule has 0 spiro atoms. The highest BCUT2D eigenvalue weighted by Gasteiger charge is 2.17. The fraction of sp³-hybridized carbons (Fsp3) is 0.600. The van der Waals surface area contributed by atoms with Crippen LogP contribution in [0, 0.1) is 5.92 Å². The molecule has 1 heterocycles. The fourth-order valence-electron chi connectivity index (χ4n) is 1.29. The van der Waals surface area contributed by atoms with E-state index in [0.29, 0.717) is 12.3 Å². The van der Waals surface area contributed by atoms with Crippen LogP contribution in [0.3, 0.4) is 0 Å². The van der Waals surface area contributed by atoms with Gasteiger partial charge in [-0.25, -0.2) is 0 Å². The molecule has 78 valence electrons. The zero-order valence-electron chi connectivity index (χ0n) is 8.86. The molecule has 1 rings (SSSR count). The minimum atomic E-state index is -0.00894. The average molecular weight is 196 g/mol. The number of ether oxygens (including phenoxy) is 1. The summed E-state index contributed by atoms with van der Waals surface area (Å²) in [6.45, 7) is 2.53. The first-order valence-electron chi connectivity index (χ1n) is 4.68. The van der Waals surface area contributed by atoms with Gasteiger partial charge < -0.3 is 4.74 Å². The van der Waals surface area contributed by atoms with E-state index in [9.17, 15) is 4.79 Å². The summed E-state index contributed by atoms with van der Waals surface area (Å²) in [4.78, 5) is 11.8. The van der Waals surface area contributed by atoms with Crippen molar-refractivity contribution in [3.05, 3.63) is 18.0 Å². The molecule has 0 N–H and O–H groups in total. The van der Waals surface area contributed by atoms with Crippen LogP contribution in [0.2, 0.25) is 0 Å². The maximum absolute atomic E-state index is 11.8. The summed E-state index contributed by atoms with van der Waals surface area (Å²) in [6, 6.07) is 1.74. The molecular weight excluding hydrogens is 180 g/mol. The summed E-state index contributed by atoms with van der Waals surface area (Å²) in [5, 5.41) is 3.96. The van der Waals surface area contributed by atoms with Crippen molar-refractivity contribution in [3.8, 4) is 0 Å². The van der Waals surface area contributed by atoms with Gasteiger partial charge >= 0.3 is 0 Å². The molecule has 0 aromatic carbocycles. The van der Waals surface area contributed by atoms with E-state index >= 15 is 0 Å². The van der Waals surface area contributed by atoms with Gasteiger partial charge in [0.05, 0.1) is 0 Å². The van der Waals surface area contributed by atoms with E-state index in [1.165, 1.54) is 0 Å². The van der Waals surface area contributed by atoms with Crippen molar-refractivity contribution in [2.75, 3.05) is 13.7 Å². The zero-order chi connectivity index (χ0) is 10.6. The third-order valence-corrected chi connectivity index (χ3v) is 2.28. The summed E-state index contributed by atoms with van der Waals surface area (Å²) < 4.78 is 6.54. The molecular formula is C10H16N2O2. The molecule has 4 heteroatoms. The Kier molecular flexibility index (Phi) is 3.83. The first-order valence-corrected chi connectivity index (χ1v) is 4.68. The number of hydrogen-bond donors (Lipinski definition) is 0. The number of rotatable bonds is 5. The molecule has 4 nitrogen and oxygen atoms in total. The fourth-order valence-corrected chi connectivity index (χ4v) is 1.29. The van der Waals surface area contributed by atoms with Crippen molar-refractivity contribution in [1.82, 2.24) is 9.78 Å². The van der Waals surface area contributed by atoms with Crippen LogP contribution in [0.1, 0.15) is 23.8 Å². The quantitative estimate of drug-likeness (QED) is 0.666. The monoisotopic (exact) mass is 196 g/mol. The van der Waals surface area contributed by atoms with E-state index in [0.717, 1.165) is 6.42 Å². The van der Waals surface area contributed by atoms with Gasteiger partial charge in [-0.05, 0) is 12.5 Å². The van der Waals surface area contributed by atoms with Gasteiger partial charge in [0.25, 0.3) is 0 Å². The van der Waals surface area contributed by atoms with Gasteiger partial charge in [-0.2, -0.15) is 5.10 Å². The Labute approximate surface area is 83.9 Å². The highest BCUT2D eigenvalue weighted by molar-refractivity contribution is 5.95. The van der Waals surface area contributed by atoms with E-state index in [1.807, 2.05) is 6.92 Å². The van der Waals surface area contributed by atoms with Crippen LogP contribution in [0.25, 0.3) is 0 Å². The molecule has 1 unspecified atom stereocenters. The number of Topliss-reactive ketones (excluding diaryl/α,β-unsaturated/α-hetero) is 1. The summed E-state index contributed by atoms with van der Waals surface area (Å²) in [5.74, 6) is 0.118.